The number of carbonyl (C=O) groups excluding carboxylic acids is 1. The minimum atomic E-state index is -1.06. The number of carbonyl (C=O) groups is 2. The summed E-state index contributed by atoms with van der Waals surface area (Å²) in [5, 5.41) is 8.95. The molecule has 128 valence electrons. The number of hydrogen-bond acceptors (Lipinski definition) is 5. The summed E-state index contributed by atoms with van der Waals surface area (Å²) in [7, 11) is 1.48. The number of benzene rings is 2. The summed E-state index contributed by atoms with van der Waals surface area (Å²) in [4.78, 5) is 24.9. The quantitative estimate of drug-likeness (QED) is 0.820. The first-order valence-electron chi connectivity index (χ1n) is 7.60. The maximum absolute atomic E-state index is 12.4. The molecule has 0 amide bonds. The highest BCUT2D eigenvalue weighted by Crippen LogP contribution is 2.41. The van der Waals surface area contributed by atoms with Gasteiger partial charge in [0.05, 0.1) is 12.0 Å². The molecule has 0 unspecified atom stereocenters. The van der Waals surface area contributed by atoms with Crippen molar-refractivity contribution in [2.24, 2.45) is 0 Å². The molecule has 0 saturated heterocycles. The number of Topliss-reactive ketones (excluding diaryl/α,β-unsaturated/α-hetero) is 1. The van der Waals surface area contributed by atoms with Crippen LogP contribution in [0.4, 0.5) is 0 Å². The Balaban J connectivity index is 1.87. The minimum Gasteiger partial charge on any atom is -0.493 e. The number of carboxylic acid groups (broad SMARTS) is 1. The van der Waals surface area contributed by atoms with Crippen molar-refractivity contribution >= 4 is 29.6 Å². The molecule has 1 atom stereocenters. The Kier molecular flexibility index (Phi) is 4.81. The fraction of sp³-hybridized carbons (Fsp3) is 0.158. The van der Waals surface area contributed by atoms with Gasteiger partial charge < -0.3 is 14.6 Å². The average Bonchev–Trinajstić information content (AvgIpc) is 2.92. The lowest BCUT2D eigenvalue weighted by molar-refractivity contribution is -0.144. The van der Waals surface area contributed by atoms with Crippen LogP contribution in [0.1, 0.15) is 22.8 Å². The predicted molar refractivity (Wildman–Crippen MR) is 95.3 cm³/mol. The Bertz CT molecular complexity index is 872. The number of allylic oxidation sites excluding steroid dienone is 1. The van der Waals surface area contributed by atoms with E-state index < -0.39 is 12.1 Å². The number of ketones is 1. The van der Waals surface area contributed by atoms with Crippen LogP contribution in [0.25, 0.3) is 6.08 Å². The second-order valence-corrected chi connectivity index (χ2v) is 6.53. The van der Waals surface area contributed by atoms with Crippen LogP contribution >= 0.6 is 11.8 Å². The Morgan fingerprint density at radius 3 is 2.64 bits per heavy atom. The minimum absolute atomic E-state index is 0.000562. The molecule has 1 heterocycles. The molecule has 1 aliphatic heterocycles. The van der Waals surface area contributed by atoms with Crippen LogP contribution in [0, 0.1) is 0 Å². The fourth-order valence-electron chi connectivity index (χ4n) is 2.40. The lowest BCUT2D eigenvalue weighted by atomic mass is 10.1. The van der Waals surface area contributed by atoms with Gasteiger partial charge in [-0.3, -0.25) is 4.79 Å². The summed E-state index contributed by atoms with van der Waals surface area (Å²) >= 11 is 1.43. The van der Waals surface area contributed by atoms with Crippen LogP contribution in [0.2, 0.25) is 0 Å². The van der Waals surface area contributed by atoms with Gasteiger partial charge in [-0.1, -0.05) is 30.0 Å². The zero-order chi connectivity index (χ0) is 18.0. The smallest absolute Gasteiger partial charge is 0.344 e. The number of fused-ring (bicyclic) bond motifs is 1. The molecular weight excluding hydrogens is 340 g/mol. The molecular formula is C19H16O5S. The number of carboxylic acids is 1. The first kappa shape index (κ1) is 17.1. The molecule has 1 aliphatic rings. The largest absolute Gasteiger partial charge is 0.493 e. The lowest BCUT2D eigenvalue weighted by Crippen LogP contribution is -2.23. The first-order chi connectivity index (χ1) is 12.0. The number of hydrogen-bond donors (Lipinski definition) is 1. The lowest BCUT2D eigenvalue weighted by Gasteiger charge is -2.14. The average molecular weight is 356 g/mol. The van der Waals surface area contributed by atoms with Gasteiger partial charge in [-0.15, -0.1) is 0 Å². The van der Waals surface area contributed by atoms with Crippen molar-refractivity contribution in [1.82, 2.24) is 0 Å². The Morgan fingerprint density at radius 2 is 1.96 bits per heavy atom. The summed E-state index contributed by atoms with van der Waals surface area (Å²) in [6, 6.07) is 12.6. The molecule has 2 aromatic carbocycles. The highest BCUT2D eigenvalue weighted by molar-refractivity contribution is 8.04. The molecule has 0 radical (unpaired) electrons. The summed E-state index contributed by atoms with van der Waals surface area (Å²) < 4.78 is 10.7. The fourth-order valence-corrected chi connectivity index (χ4v) is 3.45. The van der Waals surface area contributed by atoms with Crippen molar-refractivity contribution in [1.29, 1.82) is 0 Å². The Morgan fingerprint density at radius 1 is 1.20 bits per heavy atom. The summed E-state index contributed by atoms with van der Waals surface area (Å²) in [5.41, 5.74) is 1.48. The third kappa shape index (κ3) is 3.53. The number of rotatable bonds is 5. The maximum atomic E-state index is 12.4. The second kappa shape index (κ2) is 7.03. The van der Waals surface area contributed by atoms with Gasteiger partial charge in [-0.25, -0.2) is 4.79 Å². The molecule has 6 heteroatoms. The zero-order valence-electron chi connectivity index (χ0n) is 13.7. The molecule has 0 saturated carbocycles. The van der Waals surface area contributed by atoms with Crippen molar-refractivity contribution in [3.8, 4) is 11.5 Å². The molecule has 3 rings (SSSR count). The van der Waals surface area contributed by atoms with E-state index in [1.165, 1.54) is 25.8 Å². The standard InChI is InChI=1S/C19H16O5S/c1-11(19(21)22)24-14-8-7-12(9-15(14)23-2)10-17-18(20)13-5-3-4-6-16(13)25-17/h3-11H,1-2H3,(H,21,22)/b17-10-/t11-/m1/s1. The zero-order valence-corrected chi connectivity index (χ0v) is 14.5. The molecule has 1 N–H and O–H groups in total. The van der Waals surface area contributed by atoms with Crippen LogP contribution < -0.4 is 9.47 Å². The van der Waals surface area contributed by atoms with E-state index in [4.69, 9.17) is 14.6 Å². The van der Waals surface area contributed by atoms with Crippen LogP contribution in [0.5, 0.6) is 11.5 Å². The molecule has 0 fully saturated rings. The van der Waals surface area contributed by atoms with Gasteiger partial charge in [0, 0.05) is 10.5 Å². The number of ether oxygens (including phenoxy) is 2. The molecule has 5 nitrogen and oxygen atoms in total. The van der Waals surface area contributed by atoms with E-state index in [9.17, 15) is 9.59 Å². The van der Waals surface area contributed by atoms with E-state index in [1.54, 1.807) is 24.3 Å². The first-order valence-corrected chi connectivity index (χ1v) is 8.42. The van der Waals surface area contributed by atoms with Gasteiger partial charge in [0.25, 0.3) is 0 Å². The molecule has 2 aromatic rings. The van der Waals surface area contributed by atoms with Gasteiger partial charge in [0.2, 0.25) is 5.78 Å². The maximum Gasteiger partial charge on any atom is 0.344 e. The third-order valence-electron chi connectivity index (χ3n) is 3.71. The number of thioether (sulfide) groups is 1. The summed E-state index contributed by atoms with van der Waals surface area (Å²) in [5.74, 6) is -0.304. The highest BCUT2D eigenvalue weighted by atomic mass is 32.2. The van der Waals surface area contributed by atoms with E-state index >= 15 is 0 Å². The highest BCUT2D eigenvalue weighted by Gasteiger charge is 2.25. The van der Waals surface area contributed by atoms with Crippen molar-refractivity contribution in [3.63, 3.8) is 0 Å². The van der Waals surface area contributed by atoms with Crippen molar-refractivity contribution in [2.45, 2.75) is 17.9 Å². The van der Waals surface area contributed by atoms with Crippen molar-refractivity contribution < 1.29 is 24.2 Å². The van der Waals surface area contributed by atoms with E-state index in [0.29, 0.717) is 22.0 Å². The molecule has 0 bridgehead atoms. The topological polar surface area (TPSA) is 72.8 Å². The van der Waals surface area contributed by atoms with Gasteiger partial charge in [-0.05, 0) is 42.8 Å². The molecule has 0 aromatic heterocycles. The van der Waals surface area contributed by atoms with E-state index in [0.717, 1.165) is 10.5 Å². The second-order valence-electron chi connectivity index (χ2n) is 5.44. The number of methoxy groups -OCH3 is 1. The number of aliphatic carboxylic acids is 1. The molecule has 0 spiro atoms. The van der Waals surface area contributed by atoms with Gasteiger partial charge >= 0.3 is 5.97 Å². The van der Waals surface area contributed by atoms with Crippen LogP contribution in [-0.4, -0.2) is 30.1 Å². The summed E-state index contributed by atoms with van der Waals surface area (Å²) in [6.45, 7) is 1.45. The van der Waals surface area contributed by atoms with Crippen LogP contribution in [0.15, 0.2) is 52.3 Å². The van der Waals surface area contributed by atoms with E-state index in [2.05, 4.69) is 0 Å². The van der Waals surface area contributed by atoms with E-state index in [-0.39, 0.29) is 5.78 Å². The Labute approximate surface area is 149 Å². The van der Waals surface area contributed by atoms with Crippen molar-refractivity contribution in [2.75, 3.05) is 7.11 Å². The third-order valence-corrected chi connectivity index (χ3v) is 4.81. The van der Waals surface area contributed by atoms with Gasteiger partial charge in [0.1, 0.15) is 0 Å². The molecule has 25 heavy (non-hydrogen) atoms. The van der Waals surface area contributed by atoms with Gasteiger partial charge in [0.15, 0.2) is 17.6 Å². The monoisotopic (exact) mass is 356 g/mol. The summed E-state index contributed by atoms with van der Waals surface area (Å²) in [6.07, 6.45) is 0.805. The van der Waals surface area contributed by atoms with Crippen LogP contribution in [0.3, 0.4) is 0 Å². The van der Waals surface area contributed by atoms with Crippen molar-refractivity contribution in [3.05, 3.63) is 58.5 Å². The Hall–Kier alpha value is -2.73. The van der Waals surface area contributed by atoms with Gasteiger partial charge in [-0.2, -0.15) is 0 Å². The molecule has 0 aliphatic carbocycles. The SMILES string of the molecule is COc1cc(/C=C2\Sc3ccccc3C2=O)ccc1O[C@H](C)C(=O)O. The van der Waals surface area contributed by atoms with E-state index in [1.807, 2.05) is 24.3 Å². The van der Waals surface area contributed by atoms with Crippen LogP contribution in [-0.2, 0) is 4.79 Å². The normalized spacial score (nSPS) is 15.8. The predicted octanol–water partition coefficient (Wildman–Crippen LogP) is 3.88.